The van der Waals surface area contributed by atoms with E-state index >= 15 is 0 Å². The predicted octanol–water partition coefficient (Wildman–Crippen LogP) is 4.76. The van der Waals surface area contributed by atoms with Crippen molar-refractivity contribution in [3.8, 4) is 22.6 Å². The van der Waals surface area contributed by atoms with Gasteiger partial charge in [0.15, 0.2) is 0 Å². The van der Waals surface area contributed by atoms with Crippen LogP contribution in [0.3, 0.4) is 0 Å². The zero-order valence-corrected chi connectivity index (χ0v) is 27.3. The molecular weight excluding hydrogens is 574 g/mol. The first-order chi connectivity index (χ1) is 18.2. The van der Waals surface area contributed by atoms with Crippen LogP contribution in [-0.2, 0) is 28.6 Å². The first-order valence-corrected chi connectivity index (χ1v) is 13.9. The van der Waals surface area contributed by atoms with Gasteiger partial charge in [0.25, 0.3) is 0 Å². The molecule has 2 N–H and O–H groups in total. The number of para-hydroxylation sites is 1. The van der Waals surface area contributed by atoms with Crippen LogP contribution >= 0.6 is 0 Å². The summed E-state index contributed by atoms with van der Waals surface area (Å²) < 4.78 is 63.3. The van der Waals surface area contributed by atoms with Crippen LogP contribution in [0.1, 0.15) is 11.1 Å². The predicted molar refractivity (Wildman–Crippen MR) is 154 cm³/mol. The van der Waals surface area contributed by atoms with Gasteiger partial charge in [-0.05, 0) is 41.5 Å². The van der Waals surface area contributed by atoms with Crippen LogP contribution in [0.5, 0.6) is 11.5 Å². The molecule has 0 bridgehead atoms. The summed E-state index contributed by atoms with van der Waals surface area (Å²) in [4.78, 5) is -1.69. The molecule has 0 atom stereocenters. The molecule has 0 saturated carbocycles. The largest absolute Gasteiger partial charge is 0.507 e. The van der Waals surface area contributed by atoms with E-state index in [4.69, 9.17) is 8.37 Å². The Morgan fingerprint density at radius 2 is 1.02 bits per heavy atom. The molecule has 0 aliphatic rings. The van der Waals surface area contributed by atoms with Crippen molar-refractivity contribution in [3.63, 3.8) is 0 Å². The molecule has 8 nitrogen and oxygen atoms in total. The Morgan fingerprint density at radius 3 is 1.55 bits per heavy atom. The summed E-state index contributed by atoms with van der Waals surface area (Å²) >= 11 is 0. The maximum absolute atomic E-state index is 13.4. The van der Waals surface area contributed by atoms with E-state index in [0.717, 1.165) is 24.7 Å². The maximum atomic E-state index is 13.4. The van der Waals surface area contributed by atoms with E-state index in [2.05, 4.69) is 0 Å². The molecule has 0 amide bonds. The number of benzene rings is 4. The Balaban J connectivity index is 0.00000280. The molecule has 0 fully saturated rings. The molecular formula is C28H22Na2O8S2. The smallest absolute Gasteiger partial charge is 0.340 e. The first-order valence-electron chi connectivity index (χ1n) is 11.1. The Hall–Kier alpha value is -2.54. The quantitative estimate of drug-likeness (QED) is 0.161. The Kier molecular flexibility index (Phi) is 12.5. The number of phenols is 2. The topological polar surface area (TPSA) is 127 Å². The van der Waals surface area contributed by atoms with Crippen molar-refractivity contribution in [3.05, 3.63) is 121 Å². The molecule has 4 rings (SSSR count). The summed E-state index contributed by atoms with van der Waals surface area (Å²) in [6.45, 7) is 0. The molecule has 0 saturated heterocycles. The second kappa shape index (κ2) is 14.9. The molecule has 0 aliphatic carbocycles. The molecule has 0 aromatic heterocycles. The maximum Gasteiger partial charge on any atom is 0.340 e. The normalized spacial score (nSPS) is 11.5. The fraction of sp³-hybridized carbons (Fsp3) is 0. The van der Waals surface area contributed by atoms with Gasteiger partial charge in [-0.3, -0.25) is 0 Å². The van der Waals surface area contributed by atoms with Crippen LogP contribution in [-0.4, -0.2) is 86.2 Å². The van der Waals surface area contributed by atoms with Crippen molar-refractivity contribution in [2.24, 2.45) is 0 Å². The monoisotopic (exact) mass is 596 g/mol. The summed E-state index contributed by atoms with van der Waals surface area (Å²) in [7, 11) is -9.62. The molecule has 2 radical (unpaired) electrons. The van der Waals surface area contributed by atoms with Gasteiger partial charge in [-0.1, -0.05) is 78.9 Å². The first kappa shape index (κ1) is 33.7. The SMILES string of the molecule is O=S(=O)(OC=Cc1ccccc1)c1ccc(O)c(-c2ccccc2O)c1S(=O)(=O)OC=Cc1ccccc1.[Na].[Na]. The molecule has 0 spiro atoms. The van der Waals surface area contributed by atoms with Crippen molar-refractivity contribution in [2.45, 2.75) is 9.79 Å². The molecule has 4 aromatic rings. The van der Waals surface area contributed by atoms with Crippen LogP contribution in [0, 0.1) is 0 Å². The van der Waals surface area contributed by atoms with Crippen molar-refractivity contribution >= 4 is 91.5 Å². The van der Waals surface area contributed by atoms with Gasteiger partial charge < -0.3 is 18.6 Å². The van der Waals surface area contributed by atoms with Crippen LogP contribution in [0.15, 0.2) is 119 Å². The fourth-order valence-electron chi connectivity index (χ4n) is 3.53. The average Bonchev–Trinajstić information content (AvgIpc) is 2.90. The number of phenolic OH excluding ortho intramolecular Hbond substituents is 2. The van der Waals surface area contributed by atoms with Gasteiger partial charge in [0, 0.05) is 64.7 Å². The minimum atomic E-state index is -4.88. The van der Waals surface area contributed by atoms with Gasteiger partial charge in [-0.25, -0.2) is 0 Å². The number of hydrogen-bond acceptors (Lipinski definition) is 8. The Bertz CT molecular complexity index is 1710. The van der Waals surface area contributed by atoms with Gasteiger partial charge >= 0.3 is 20.2 Å². The van der Waals surface area contributed by atoms with Crippen LogP contribution in [0.2, 0.25) is 0 Å². The van der Waals surface area contributed by atoms with Crippen molar-refractivity contribution in [2.75, 3.05) is 0 Å². The fourth-order valence-corrected chi connectivity index (χ4v) is 6.09. The molecule has 0 aliphatic heterocycles. The van der Waals surface area contributed by atoms with Crippen molar-refractivity contribution < 1.29 is 35.4 Å². The zero-order chi connectivity index (χ0) is 27.2. The molecule has 4 aromatic carbocycles. The van der Waals surface area contributed by atoms with Gasteiger partial charge in [0.05, 0.1) is 5.56 Å². The van der Waals surface area contributed by atoms with E-state index in [1.54, 1.807) is 60.7 Å². The zero-order valence-electron chi connectivity index (χ0n) is 21.7. The third-order valence-corrected chi connectivity index (χ3v) is 7.94. The molecule has 12 heteroatoms. The summed E-state index contributed by atoms with van der Waals surface area (Å²) in [5, 5.41) is 21.1. The van der Waals surface area contributed by atoms with Crippen LogP contribution in [0.4, 0.5) is 0 Å². The Morgan fingerprint density at radius 1 is 0.550 bits per heavy atom. The van der Waals surface area contributed by atoms with Crippen molar-refractivity contribution in [1.82, 2.24) is 0 Å². The minimum Gasteiger partial charge on any atom is -0.507 e. The summed E-state index contributed by atoms with van der Waals surface area (Å²) in [6, 6.07) is 24.8. The number of rotatable bonds is 9. The summed E-state index contributed by atoms with van der Waals surface area (Å²) in [5.41, 5.74) is 0.677. The van der Waals surface area contributed by atoms with Crippen LogP contribution < -0.4 is 0 Å². The van der Waals surface area contributed by atoms with Gasteiger partial charge in [-0.2, -0.15) is 16.8 Å². The van der Waals surface area contributed by atoms with E-state index < -0.39 is 47.1 Å². The molecule has 196 valence electrons. The number of aromatic hydroxyl groups is 2. The van der Waals surface area contributed by atoms with E-state index in [1.807, 2.05) is 0 Å². The average molecular weight is 597 g/mol. The van der Waals surface area contributed by atoms with Crippen molar-refractivity contribution in [1.29, 1.82) is 0 Å². The minimum absolute atomic E-state index is 0. The number of hydrogen-bond donors (Lipinski definition) is 2. The van der Waals surface area contributed by atoms with E-state index in [0.29, 0.717) is 11.1 Å². The third kappa shape index (κ3) is 8.25. The van der Waals surface area contributed by atoms with Crippen LogP contribution in [0.25, 0.3) is 23.3 Å². The Labute approximate surface area is 277 Å². The second-order valence-corrected chi connectivity index (χ2v) is 10.9. The van der Waals surface area contributed by atoms with Gasteiger partial charge in [0.2, 0.25) is 0 Å². The van der Waals surface area contributed by atoms with E-state index in [1.165, 1.54) is 36.4 Å². The molecule has 0 heterocycles. The standard InChI is InChI=1S/C28H22O8S2.2Na/c29-24-14-8-7-13-23(24)27-25(30)15-16-26(37(31,32)35-19-17-21-9-3-1-4-10-21)28(27)38(33,34)36-20-18-22-11-5-2-6-12-22;;/h1-20,29-30H;;. The molecule has 0 unspecified atom stereocenters. The summed E-state index contributed by atoms with van der Waals surface area (Å²) in [6.07, 6.45) is 4.54. The van der Waals surface area contributed by atoms with Gasteiger partial charge in [0.1, 0.15) is 33.8 Å². The van der Waals surface area contributed by atoms with E-state index in [9.17, 15) is 27.0 Å². The molecule has 40 heavy (non-hydrogen) atoms. The second-order valence-electron chi connectivity index (χ2n) is 7.83. The third-order valence-electron chi connectivity index (χ3n) is 5.28. The summed E-state index contributed by atoms with van der Waals surface area (Å²) in [5.74, 6) is -0.988. The van der Waals surface area contributed by atoms with Gasteiger partial charge in [-0.15, -0.1) is 0 Å². The van der Waals surface area contributed by atoms with E-state index in [-0.39, 0.29) is 64.7 Å².